The SMILES string of the molecule is Cc1noc(Cl)c1CC(=O)N1CCn2c(nnc2C(C)C)C1. The molecule has 1 aliphatic heterocycles. The molecule has 0 unspecified atom stereocenters. The topological polar surface area (TPSA) is 77.0 Å². The van der Waals surface area contributed by atoms with Gasteiger partial charge in [-0.3, -0.25) is 4.79 Å². The van der Waals surface area contributed by atoms with Gasteiger partial charge in [0.2, 0.25) is 11.1 Å². The van der Waals surface area contributed by atoms with Gasteiger partial charge >= 0.3 is 0 Å². The van der Waals surface area contributed by atoms with Gasteiger partial charge in [-0.15, -0.1) is 10.2 Å². The molecular formula is C14H18ClN5O2. The Hall–Kier alpha value is -1.89. The Morgan fingerprint density at radius 2 is 2.14 bits per heavy atom. The zero-order valence-corrected chi connectivity index (χ0v) is 13.6. The van der Waals surface area contributed by atoms with Crippen LogP contribution in [0, 0.1) is 6.92 Å². The van der Waals surface area contributed by atoms with E-state index in [0.29, 0.717) is 30.3 Å². The number of carbonyl (C=O) groups is 1. The first-order valence-corrected chi connectivity index (χ1v) is 7.65. The molecule has 8 heteroatoms. The summed E-state index contributed by atoms with van der Waals surface area (Å²) in [5, 5.41) is 12.4. The molecule has 0 atom stereocenters. The number of halogens is 1. The number of hydrogen-bond donors (Lipinski definition) is 0. The van der Waals surface area contributed by atoms with E-state index in [1.807, 2.05) is 0 Å². The minimum absolute atomic E-state index is 0.00598. The number of aryl methyl sites for hydroxylation is 1. The molecule has 3 rings (SSSR count). The van der Waals surface area contributed by atoms with Gasteiger partial charge in [0.25, 0.3) is 0 Å². The molecule has 0 fully saturated rings. The van der Waals surface area contributed by atoms with Gasteiger partial charge in [-0.1, -0.05) is 19.0 Å². The van der Waals surface area contributed by atoms with Crippen LogP contribution in [0.2, 0.25) is 5.22 Å². The van der Waals surface area contributed by atoms with Crippen LogP contribution in [0.25, 0.3) is 0 Å². The van der Waals surface area contributed by atoms with Crippen LogP contribution in [-0.4, -0.2) is 37.3 Å². The molecule has 0 spiro atoms. The molecule has 22 heavy (non-hydrogen) atoms. The van der Waals surface area contributed by atoms with Crippen molar-refractivity contribution in [3.05, 3.63) is 28.1 Å². The number of amides is 1. The van der Waals surface area contributed by atoms with Crippen molar-refractivity contribution in [2.75, 3.05) is 6.54 Å². The van der Waals surface area contributed by atoms with Gasteiger partial charge in [-0.05, 0) is 18.5 Å². The quantitative estimate of drug-likeness (QED) is 0.862. The highest BCUT2D eigenvalue weighted by Crippen LogP contribution is 2.22. The predicted molar refractivity (Wildman–Crippen MR) is 79.5 cm³/mol. The molecule has 1 aliphatic rings. The summed E-state index contributed by atoms with van der Waals surface area (Å²) < 4.78 is 6.99. The fraction of sp³-hybridized carbons (Fsp3) is 0.571. The van der Waals surface area contributed by atoms with Gasteiger partial charge < -0.3 is 14.0 Å². The van der Waals surface area contributed by atoms with Crippen LogP contribution < -0.4 is 0 Å². The van der Waals surface area contributed by atoms with Crippen molar-refractivity contribution < 1.29 is 9.32 Å². The molecule has 0 radical (unpaired) electrons. The molecule has 1 amide bonds. The molecule has 0 N–H and O–H groups in total. The molecule has 7 nitrogen and oxygen atoms in total. The van der Waals surface area contributed by atoms with Gasteiger partial charge in [0.1, 0.15) is 5.82 Å². The third-order valence-electron chi connectivity index (χ3n) is 3.92. The van der Waals surface area contributed by atoms with Crippen molar-refractivity contribution in [3.63, 3.8) is 0 Å². The van der Waals surface area contributed by atoms with E-state index in [-0.39, 0.29) is 17.5 Å². The minimum atomic E-state index is -0.00598. The molecule has 0 saturated heterocycles. The smallest absolute Gasteiger partial charge is 0.229 e. The zero-order valence-electron chi connectivity index (χ0n) is 12.8. The van der Waals surface area contributed by atoms with E-state index in [4.69, 9.17) is 16.1 Å². The first-order chi connectivity index (χ1) is 10.5. The largest absolute Gasteiger partial charge is 0.344 e. The second-order valence-electron chi connectivity index (χ2n) is 5.79. The summed E-state index contributed by atoms with van der Waals surface area (Å²) in [6, 6.07) is 0. The lowest BCUT2D eigenvalue weighted by Crippen LogP contribution is -2.39. The first kappa shape index (κ1) is 15.0. The Kier molecular flexibility index (Phi) is 3.90. The highest BCUT2D eigenvalue weighted by atomic mass is 35.5. The summed E-state index contributed by atoms with van der Waals surface area (Å²) in [4.78, 5) is 14.2. The molecule has 2 aromatic heterocycles. The first-order valence-electron chi connectivity index (χ1n) is 7.27. The van der Waals surface area contributed by atoms with Crippen molar-refractivity contribution in [2.45, 2.75) is 46.2 Å². The van der Waals surface area contributed by atoms with Crippen LogP contribution in [0.5, 0.6) is 0 Å². The van der Waals surface area contributed by atoms with Gasteiger partial charge in [0, 0.05) is 24.6 Å². The maximum Gasteiger partial charge on any atom is 0.229 e. The predicted octanol–water partition coefficient (Wildman–Crippen LogP) is 1.94. The number of hydrogen-bond acceptors (Lipinski definition) is 5. The fourth-order valence-electron chi connectivity index (χ4n) is 2.64. The molecule has 2 aromatic rings. The maximum absolute atomic E-state index is 12.5. The third kappa shape index (κ3) is 2.61. The number of aromatic nitrogens is 4. The lowest BCUT2D eigenvalue weighted by molar-refractivity contribution is -0.132. The number of fused-ring (bicyclic) bond motifs is 1. The van der Waals surface area contributed by atoms with Gasteiger partial charge in [0.15, 0.2) is 5.82 Å². The van der Waals surface area contributed by atoms with Gasteiger partial charge in [-0.2, -0.15) is 0 Å². The van der Waals surface area contributed by atoms with E-state index in [1.165, 1.54) is 0 Å². The average Bonchev–Trinajstić information content (AvgIpc) is 3.04. The van der Waals surface area contributed by atoms with E-state index in [1.54, 1.807) is 11.8 Å². The van der Waals surface area contributed by atoms with Gasteiger partial charge in [0.05, 0.1) is 18.7 Å². The summed E-state index contributed by atoms with van der Waals surface area (Å²) >= 11 is 5.92. The zero-order chi connectivity index (χ0) is 15.9. The van der Waals surface area contributed by atoms with E-state index in [2.05, 4.69) is 33.8 Å². The normalized spacial score (nSPS) is 14.5. The summed E-state index contributed by atoms with van der Waals surface area (Å²) in [7, 11) is 0. The third-order valence-corrected chi connectivity index (χ3v) is 4.21. The van der Waals surface area contributed by atoms with E-state index >= 15 is 0 Å². The van der Waals surface area contributed by atoms with E-state index in [0.717, 1.165) is 18.2 Å². The second kappa shape index (κ2) is 5.72. The van der Waals surface area contributed by atoms with Crippen LogP contribution in [0.4, 0.5) is 0 Å². The van der Waals surface area contributed by atoms with Crippen LogP contribution in [0.1, 0.15) is 42.7 Å². The average molecular weight is 324 g/mol. The minimum Gasteiger partial charge on any atom is -0.344 e. The van der Waals surface area contributed by atoms with Crippen molar-refractivity contribution in [3.8, 4) is 0 Å². The van der Waals surface area contributed by atoms with Crippen LogP contribution in [-0.2, 0) is 24.3 Å². The number of nitrogens with zero attached hydrogens (tertiary/aromatic N) is 5. The van der Waals surface area contributed by atoms with Crippen molar-refractivity contribution in [1.82, 2.24) is 24.8 Å². The Morgan fingerprint density at radius 3 is 2.77 bits per heavy atom. The summed E-state index contributed by atoms with van der Waals surface area (Å²) in [6.07, 6.45) is 0.194. The number of rotatable bonds is 3. The highest BCUT2D eigenvalue weighted by Gasteiger charge is 2.26. The summed E-state index contributed by atoms with van der Waals surface area (Å²) in [6.45, 7) is 7.79. The second-order valence-corrected chi connectivity index (χ2v) is 6.14. The Labute approximate surface area is 133 Å². The van der Waals surface area contributed by atoms with E-state index < -0.39 is 0 Å². The molecule has 0 bridgehead atoms. The Balaban J connectivity index is 1.73. The lowest BCUT2D eigenvalue weighted by atomic mass is 10.1. The van der Waals surface area contributed by atoms with Crippen LogP contribution in [0.15, 0.2) is 4.52 Å². The Morgan fingerprint density at radius 1 is 1.36 bits per heavy atom. The summed E-state index contributed by atoms with van der Waals surface area (Å²) in [5.41, 5.74) is 1.31. The lowest BCUT2D eigenvalue weighted by Gasteiger charge is -2.28. The summed E-state index contributed by atoms with van der Waals surface area (Å²) in [5.74, 6) is 2.12. The number of carbonyl (C=O) groups excluding carboxylic acids is 1. The standard InChI is InChI=1S/C14H18ClN5O2/c1-8(2)14-17-16-11-7-19(4-5-20(11)14)12(21)6-10-9(3)18-22-13(10)15/h8H,4-7H2,1-3H3. The molecule has 0 saturated carbocycles. The van der Waals surface area contributed by atoms with Crippen LogP contribution in [0.3, 0.4) is 0 Å². The van der Waals surface area contributed by atoms with Crippen molar-refractivity contribution >= 4 is 17.5 Å². The Bertz CT molecular complexity index is 687. The molecule has 3 heterocycles. The molecule has 0 aliphatic carbocycles. The monoisotopic (exact) mass is 323 g/mol. The highest BCUT2D eigenvalue weighted by molar-refractivity contribution is 6.29. The molecule has 118 valence electrons. The van der Waals surface area contributed by atoms with Crippen molar-refractivity contribution in [1.29, 1.82) is 0 Å². The molecule has 0 aromatic carbocycles. The van der Waals surface area contributed by atoms with Gasteiger partial charge in [-0.25, -0.2) is 0 Å². The maximum atomic E-state index is 12.5. The van der Waals surface area contributed by atoms with Crippen molar-refractivity contribution in [2.24, 2.45) is 0 Å². The van der Waals surface area contributed by atoms with Crippen LogP contribution >= 0.6 is 11.6 Å². The van der Waals surface area contributed by atoms with E-state index in [9.17, 15) is 4.79 Å². The molecular weight excluding hydrogens is 306 g/mol. The fourth-order valence-corrected chi connectivity index (χ4v) is 2.88.